The fourth-order valence-electron chi connectivity index (χ4n) is 5.00. The minimum Gasteiger partial charge on any atom is -0.493 e. The van der Waals surface area contributed by atoms with E-state index in [1.54, 1.807) is 55.1 Å². The monoisotopic (exact) mass is 569 g/mol. The van der Waals surface area contributed by atoms with Crippen molar-refractivity contribution in [2.75, 3.05) is 26.1 Å². The number of fused-ring (bicyclic) bond motifs is 1. The average molecular weight is 570 g/mol. The van der Waals surface area contributed by atoms with Crippen LogP contribution in [-0.2, 0) is 11.8 Å². The molecule has 216 valence electrons. The number of ether oxygens (including phenoxy) is 3. The Balaban J connectivity index is 1.52. The van der Waals surface area contributed by atoms with Crippen LogP contribution in [0.3, 0.4) is 0 Å². The van der Waals surface area contributed by atoms with Crippen LogP contribution >= 0.6 is 0 Å². The van der Waals surface area contributed by atoms with E-state index in [1.807, 2.05) is 38.1 Å². The van der Waals surface area contributed by atoms with Gasteiger partial charge in [0.15, 0.2) is 23.9 Å². The molecule has 1 amide bonds. The quantitative estimate of drug-likeness (QED) is 0.283. The predicted molar refractivity (Wildman–Crippen MR) is 160 cm³/mol. The number of rotatable bonds is 8. The number of anilines is 1. The van der Waals surface area contributed by atoms with Crippen LogP contribution in [0.1, 0.15) is 16.8 Å². The Hall–Kier alpha value is -5.25. The van der Waals surface area contributed by atoms with Crippen LogP contribution in [0.15, 0.2) is 74.7 Å². The normalized spacial score (nSPS) is 11.0. The number of nitrogens with one attached hydrogen (secondary N) is 1. The second-order valence-electron chi connectivity index (χ2n) is 9.89. The van der Waals surface area contributed by atoms with Crippen LogP contribution in [0.5, 0.6) is 17.2 Å². The lowest BCUT2D eigenvalue weighted by atomic mass is 10.0. The van der Waals surface area contributed by atoms with Crippen molar-refractivity contribution in [3.63, 3.8) is 0 Å². The van der Waals surface area contributed by atoms with E-state index < -0.39 is 23.5 Å². The molecule has 0 aliphatic carbocycles. The molecule has 0 atom stereocenters. The molecule has 1 N–H and O–H groups in total. The van der Waals surface area contributed by atoms with Gasteiger partial charge in [0.2, 0.25) is 11.2 Å². The Morgan fingerprint density at radius 3 is 2.33 bits per heavy atom. The summed E-state index contributed by atoms with van der Waals surface area (Å²) in [4.78, 5) is 40.1. The first-order valence-corrected chi connectivity index (χ1v) is 13.2. The van der Waals surface area contributed by atoms with Crippen LogP contribution in [0.25, 0.3) is 28.0 Å². The molecule has 5 rings (SSSR count). The molecule has 0 spiro atoms. The van der Waals surface area contributed by atoms with E-state index >= 15 is 0 Å². The predicted octanol–water partition coefficient (Wildman–Crippen LogP) is 4.91. The SMILES string of the molecule is COc1ccc(-c2oc3cc(C)cc(C)c3c(=O)c2OCC(=O)Nc2c(C)n(C)n(-c3ccccc3)c2=O)cc1OC. The summed E-state index contributed by atoms with van der Waals surface area (Å²) >= 11 is 0. The molecule has 2 aromatic heterocycles. The summed E-state index contributed by atoms with van der Waals surface area (Å²) in [6.07, 6.45) is 0. The molecule has 0 saturated carbocycles. The summed E-state index contributed by atoms with van der Waals surface area (Å²) in [6, 6.07) is 17.8. The second-order valence-corrected chi connectivity index (χ2v) is 9.89. The van der Waals surface area contributed by atoms with Gasteiger partial charge in [-0.1, -0.05) is 24.3 Å². The lowest BCUT2D eigenvalue weighted by Gasteiger charge is -2.14. The molecule has 10 heteroatoms. The van der Waals surface area contributed by atoms with Crippen molar-refractivity contribution in [1.29, 1.82) is 0 Å². The van der Waals surface area contributed by atoms with Gasteiger partial charge in [-0.05, 0) is 68.3 Å². The summed E-state index contributed by atoms with van der Waals surface area (Å²) in [7, 11) is 4.76. The van der Waals surface area contributed by atoms with Crippen LogP contribution < -0.4 is 30.5 Å². The number of carbonyl (C=O) groups excluding carboxylic acids is 1. The molecule has 0 radical (unpaired) electrons. The summed E-state index contributed by atoms with van der Waals surface area (Å²) < 4.78 is 26.0. The van der Waals surface area contributed by atoms with Gasteiger partial charge in [-0.25, -0.2) is 4.68 Å². The molecule has 2 heterocycles. The number of aromatic nitrogens is 2. The number of aryl methyl sites for hydroxylation is 2. The lowest BCUT2D eigenvalue weighted by molar-refractivity contribution is -0.118. The Morgan fingerprint density at radius 1 is 0.929 bits per heavy atom. The summed E-state index contributed by atoms with van der Waals surface area (Å²) in [5, 5.41) is 3.01. The largest absolute Gasteiger partial charge is 0.493 e. The second kappa shape index (κ2) is 11.3. The van der Waals surface area contributed by atoms with E-state index in [0.717, 1.165) is 5.56 Å². The average Bonchev–Trinajstić information content (AvgIpc) is 3.18. The maximum Gasteiger partial charge on any atom is 0.295 e. The van der Waals surface area contributed by atoms with E-state index in [4.69, 9.17) is 18.6 Å². The zero-order valence-electron chi connectivity index (χ0n) is 24.2. The highest BCUT2D eigenvalue weighted by atomic mass is 16.5. The molecule has 0 saturated heterocycles. The third-order valence-corrected chi connectivity index (χ3v) is 7.11. The van der Waals surface area contributed by atoms with E-state index in [-0.39, 0.29) is 17.2 Å². The minimum atomic E-state index is -0.612. The van der Waals surface area contributed by atoms with Crippen LogP contribution in [0.2, 0.25) is 0 Å². The third kappa shape index (κ3) is 5.03. The van der Waals surface area contributed by atoms with E-state index in [2.05, 4.69) is 5.32 Å². The van der Waals surface area contributed by atoms with Gasteiger partial charge in [0, 0.05) is 12.6 Å². The van der Waals surface area contributed by atoms with Gasteiger partial charge in [-0.2, -0.15) is 0 Å². The van der Waals surface area contributed by atoms with E-state index in [9.17, 15) is 14.4 Å². The maximum atomic E-state index is 13.8. The first-order chi connectivity index (χ1) is 20.1. The van der Waals surface area contributed by atoms with Crippen molar-refractivity contribution < 1.29 is 23.4 Å². The topological polar surface area (TPSA) is 114 Å². The van der Waals surface area contributed by atoms with Gasteiger partial charge >= 0.3 is 0 Å². The van der Waals surface area contributed by atoms with Gasteiger partial charge in [0.1, 0.15) is 11.3 Å². The lowest BCUT2D eigenvalue weighted by Crippen LogP contribution is -2.26. The number of hydrogen-bond donors (Lipinski definition) is 1. The molecular weight excluding hydrogens is 538 g/mol. The number of methoxy groups -OCH3 is 2. The molecule has 0 bridgehead atoms. The highest BCUT2D eigenvalue weighted by Crippen LogP contribution is 2.37. The van der Waals surface area contributed by atoms with Gasteiger partial charge in [0.05, 0.1) is 31.0 Å². The third-order valence-electron chi connectivity index (χ3n) is 7.11. The van der Waals surface area contributed by atoms with Crippen molar-refractivity contribution in [3.05, 3.63) is 98.1 Å². The Bertz CT molecular complexity index is 1930. The molecule has 0 aliphatic heterocycles. The maximum absolute atomic E-state index is 13.8. The van der Waals surface area contributed by atoms with Gasteiger partial charge in [0.25, 0.3) is 11.5 Å². The Morgan fingerprint density at radius 2 is 1.64 bits per heavy atom. The molecule has 10 nitrogen and oxygen atoms in total. The highest BCUT2D eigenvalue weighted by Gasteiger charge is 2.23. The zero-order chi connectivity index (χ0) is 30.1. The molecule has 0 unspecified atom stereocenters. The molecule has 0 fully saturated rings. The van der Waals surface area contributed by atoms with Gasteiger partial charge in [-0.3, -0.25) is 19.1 Å². The van der Waals surface area contributed by atoms with Crippen molar-refractivity contribution in [1.82, 2.24) is 9.36 Å². The molecular formula is C32H31N3O7. The van der Waals surface area contributed by atoms with E-state index in [0.29, 0.717) is 45.0 Å². The van der Waals surface area contributed by atoms with Crippen molar-refractivity contribution >= 4 is 22.6 Å². The summed E-state index contributed by atoms with van der Waals surface area (Å²) in [5.74, 6) is 0.310. The van der Waals surface area contributed by atoms with E-state index in [1.165, 1.54) is 18.9 Å². The fourth-order valence-corrected chi connectivity index (χ4v) is 5.00. The molecule has 3 aromatic carbocycles. The van der Waals surface area contributed by atoms with Crippen LogP contribution in [-0.4, -0.2) is 36.1 Å². The first kappa shape index (κ1) is 28.3. The Kier molecular flexibility index (Phi) is 7.62. The summed E-state index contributed by atoms with van der Waals surface area (Å²) in [6.45, 7) is 4.92. The van der Waals surface area contributed by atoms with Crippen molar-refractivity contribution in [2.24, 2.45) is 7.05 Å². The standard InChI is InChI=1S/C32H31N3O7/c1-18-14-19(2)27-25(15-18)42-30(21-12-13-23(39-5)24(16-21)40-6)31(29(27)37)41-17-26(36)33-28-20(3)34(4)35(32(28)38)22-10-8-7-9-11-22/h7-16H,17H2,1-6H3,(H,33,36). The molecule has 0 aliphatic rings. The summed E-state index contributed by atoms with van der Waals surface area (Å²) in [5.41, 5.74) is 3.04. The van der Waals surface area contributed by atoms with Crippen LogP contribution in [0.4, 0.5) is 5.69 Å². The fraction of sp³-hybridized carbons (Fsp3) is 0.219. The number of amides is 1. The Labute approximate surface area is 241 Å². The molecule has 42 heavy (non-hydrogen) atoms. The smallest absolute Gasteiger partial charge is 0.295 e. The number of carbonyl (C=O) groups is 1. The van der Waals surface area contributed by atoms with Crippen molar-refractivity contribution in [2.45, 2.75) is 20.8 Å². The number of hydrogen-bond acceptors (Lipinski definition) is 7. The first-order valence-electron chi connectivity index (χ1n) is 13.2. The van der Waals surface area contributed by atoms with Crippen LogP contribution in [0, 0.1) is 20.8 Å². The minimum absolute atomic E-state index is 0.118. The molecule has 5 aromatic rings. The number of nitrogens with zero attached hydrogens (tertiary/aromatic N) is 2. The highest BCUT2D eigenvalue weighted by molar-refractivity contribution is 5.93. The van der Waals surface area contributed by atoms with Crippen molar-refractivity contribution in [3.8, 4) is 34.3 Å². The zero-order valence-corrected chi connectivity index (χ0v) is 24.2. The van der Waals surface area contributed by atoms with Gasteiger partial charge in [-0.15, -0.1) is 0 Å². The number of benzene rings is 3. The number of para-hydroxylation sites is 1. The van der Waals surface area contributed by atoms with Gasteiger partial charge < -0.3 is 23.9 Å².